The molecule has 172 valence electrons. The number of nitrogens with zero attached hydrogens (tertiary/aromatic N) is 3. The second-order valence-electron chi connectivity index (χ2n) is 7.19. The van der Waals surface area contributed by atoms with Gasteiger partial charge in [-0.2, -0.15) is 0 Å². The molecule has 2 heterocycles. The molecule has 1 amide bonds. The molecule has 0 aliphatic heterocycles. The smallest absolute Gasteiger partial charge is 0.261 e. The van der Waals surface area contributed by atoms with E-state index >= 15 is 0 Å². The third kappa shape index (κ3) is 4.66. The number of ether oxygens (including phenoxy) is 2. The fraction of sp³-hybridized carbons (Fsp3) is 0.238. The van der Waals surface area contributed by atoms with Gasteiger partial charge >= 0.3 is 0 Å². The predicted octanol–water partition coefficient (Wildman–Crippen LogP) is 2.46. The molecule has 0 fully saturated rings. The third-order valence-electron chi connectivity index (χ3n) is 4.94. The number of aromatic nitrogens is 3. The van der Waals surface area contributed by atoms with Crippen molar-refractivity contribution in [2.45, 2.75) is 17.9 Å². The molecule has 0 bridgehead atoms. The number of sulfone groups is 1. The Hall–Kier alpha value is -3.51. The monoisotopic (exact) mass is 488 g/mol. The van der Waals surface area contributed by atoms with Gasteiger partial charge in [-0.25, -0.2) is 18.4 Å². The minimum atomic E-state index is -3.34. The highest BCUT2D eigenvalue weighted by Crippen LogP contribution is 2.30. The second-order valence-corrected chi connectivity index (χ2v) is 10.2. The van der Waals surface area contributed by atoms with Crippen molar-refractivity contribution in [3.63, 3.8) is 0 Å². The highest BCUT2D eigenvalue weighted by atomic mass is 32.2. The molecule has 0 unspecified atom stereocenters. The number of nitrogens with one attached hydrogen (secondary N) is 1. The lowest BCUT2D eigenvalue weighted by molar-refractivity contribution is -0.116. The van der Waals surface area contributed by atoms with E-state index in [1.54, 1.807) is 18.2 Å². The van der Waals surface area contributed by atoms with Crippen molar-refractivity contribution in [2.75, 3.05) is 25.8 Å². The van der Waals surface area contributed by atoms with Crippen LogP contribution in [0.5, 0.6) is 11.5 Å². The predicted molar refractivity (Wildman–Crippen MR) is 125 cm³/mol. The van der Waals surface area contributed by atoms with Gasteiger partial charge in [0.1, 0.15) is 0 Å². The fourth-order valence-electron chi connectivity index (χ4n) is 3.24. The number of hydrogen-bond donors (Lipinski definition) is 1. The Morgan fingerprint density at radius 1 is 1.12 bits per heavy atom. The molecule has 4 aromatic rings. The SMILES string of the molecule is COc1cc2ncn(CCC(=O)Nc3nc4ccc(S(C)(=O)=O)cc4s3)c(=O)c2cc1OC. The fourth-order valence-corrected chi connectivity index (χ4v) is 4.88. The number of carbonyl (C=O) groups is 1. The topological polar surface area (TPSA) is 129 Å². The van der Waals surface area contributed by atoms with E-state index < -0.39 is 9.84 Å². The van der Waals surface area contributed by atoms with Crippen molar-refractivity contribution in [1.29, 1.82) is 0 Å². The summed E-state index contributed by atoms with van der Waals surface area (Å²) in [5.41, 5.74) is 0.741. The number of aryl methyl sites for hydroxylation is 1. The summed E-state index contributed by atoms with van der Waals surface area (Å²) < 4.78 is 35.9. The van der Waals surface area contributed by atoms with E-state index in [9.17, 15) is 18.0 Å². The Bertz CT molecular complexity index is 1540. The zero-order chi connectivity index (χ0) is 23.8. The first-order valence-corrected chi connectivity index (χ1v) is 12.4. The van der Waals surface area contributed by atoms with E-state index in [1.165, 1.54) is 48.6 Å². The van der Waals surface area contributed by atoms with Gasteiger partial charge in [0, 0.05) is 25.3 Å². The zero-order valence-electron chi connectivity index (χ0n) is 18.0. The molecule has 0 saturated heterocycles. The van der Waals surface area contributed by atoms with Gasteiger partial charge in [0.05, 0.1) is 46.6 Å². The first-order chi connectivity index (χ1) is 15.7. The number of hydrogen-bond acceptors (Lipinski definition) is 9. The summed E-state index contributed by atoms with van der Waals surface area (Å²) in [5.74, 6) is 0.541. The lowest BCUT2D eigenvalue weighted by Crippen LogP contribution is -2.23. The Morgan fingerprint density at radius 2 is 1.85 bits per heavy atom. The zero-order valence-corrected chi connectivity index (χ0v) is 19.6. The average Bonchev–Trinajstić information content (AvgIpc) is 3.18. The van der Waals surface area contributed by atoms with Crippen LogP contribution in [0, 0.1) is 0 Å². The number of fused-ring (bicyclic) bond motifs is 2. The van der Waals surface area contributed by atoms with E-state index in [0.29, 0.717) is 37.8 Å². The lowest BCUT2D eigenvalue weighted by Gasteiger charge is -2.10. The van der Waals surface area contributed by atoms with E-state index in [4.69, 9.17) is 9.47 Å². The second kappa shape index (κ2) is 8.79. The van der Waals surface area contributed by atoms with Crippen LogP contribution in [-0.2, 0) is 21.2 Å². The molecule has 0 aliphatic rings. The minimum absolute atomic E-state index is 0.0187. The summed E-state index contributed by atoms with van der Waals surface area (Å²) in [6.07, 6.45) is 2.53. The van der Waals surface area contributed by atoms with Crippen LogP contribution in [0.2, 0.25) is 0 Å². The van der Waals surface area contributed by atoms with Gasteiger partial charge in [-0.1, -0.05) is 11.3 Å². The first-order valence-electron chi connectivity index (χ1n) is 9.71. The van der Waals surface area contributed by atoms with Gasteiger partial charge in [0.15, 0.2) is 26.5 Å². The lowest BCUT2D eigenvalue weighted by atomic mass is 10.2. The summed E-state index contributed by atoms with van der Waals surface area (Å²) in [6, 6.07) is 7.79. The molecule has 4 rings (SSSR count). The van der Waals surface area contributed by atoms with Crippen molar-refractivity contribution in [3.05, 3.63) is 47.0 Å². The molecular formula is C21H20N4O6S2. The number of methoxy groups -OCH3 is 2. The van der Waals surface area contributed by atoms with Gasteiger partial charge in [0.25, 0.3) is 5.56 Å². The van der Waals surface area contributed by atoms with Crippen LogP contribution in [-0.4, -0.2) is 49.3 Å². The minimum Gasteiger partial charge on any atom is -0.493 e. The van der Waals surface area contributed by atoms with Crippen LogP contribution in [0.1, 0.15) is 6.42 Å². The summed E-state index contributed by atoms with van der Waals surface area (Å²) >= 11 is 1.18. The molecule has 10 nitrogen and oxygen atoms in total. The van der Waals surface area contributed by atoms with Crippen LogP contribution < -0.4 is 20.3 Å². The van der Waals surface area contributed by atoms with Crippen LogP contribution in [0.15, 0.2) is 46.3 Å². The van der Waals surface area contributed by atoms with Gasteiger partial charge in [-0.3, -0.25) is 14.2 Å². The Kier molecular flexibility index (Phi) is 6.04. The maximum absolute atomic E-state index is 12.8. The van der Waals surface area contributed by atoms with Crippen molar-refractivity contribution < 1.29 is 22.7 Å². The van der Waals surface area contributed by atoms with Gasteiger partial charge in [0.2, 0.25) is 5.91 Å². The maximum Gasteiger partial charge on any atom is 0.261 e. The Morgan fingerprint density at radius 3 is 2.55 bits per heavy atom. The molecule has 0 atom stereocenters. The summed E-state index contributed by atoms with van der Waals surface area (Å²) in [7, 11) is -0.359. The summed E-state index contributed by atoms with van der Waals surface area (Å²) in [4.78, 5) is 34.0. The number of thiazole rings is 1. The molecule has 12 heteroatoms. The first kappa shape index (κ1) is 22.7. The number of rotatable bonds is 7. The maximum atomic E-state index is 12.8. The highest BCUT2D eigenvalue weighted by Gasteiger charge is 2.14. The largest absolute Gasteiger partial charge is 0.493 e. The molecule has 1 N–H and O–H groups in total. The van der Waals surface area contributed by atoms with Gasteiger partial charge < -0.3 is 14.8 Å². The molecule has 0 spiro atoms. The van der Waals surface area contributed by atoms with Crippen LogP contribution in [0.3, 0.4) is 0 Å². The molecule has 0 aliphatic carbocycles. The number of carbonyl (C=O) groups excluding carboxylic acids is 1. The van der Waals surface area contributed by atoms with E-state index in [2.05, 4.69) is 15.3 Å². The van der Waals surface area contributed by atoms with E-state index in [-0.39, 0.29) is 29.3 Å². The molecule has 33 heavy (non-hydrogen) atoms. The van der Waals surface area contributed by atoms with Crippen LogP contribution >= 0.6 is 11.3 Å². The molecule has 2 aromatic heterocycles. The van der Waals surface area contributed by atoms with E-state index in [0.717, 1.165) is 6.26 Å². The Labute approximate surface area is 192 Å². The number of amides is 1. The van der Waals surface area contributed by atoms with Crippen molar-refractivity contribution in [1.82, 2.24) is 14.5 Å². The molecule has 2 aromatic carbocycles. The van der Waals surface area contributed by atoms with Gasteiger partial charge in [-0.05, 0) is 24.3 Å². The standard InChI is InChI=1S/C21H20N4O6S2/c1-30-16-9-13-15(10-17(16)31-2)22-11-25(20(13)27)7-6-19(26)24-21-23-14-5-4-12(33(3,28)29)8-18(14)32-21/h4-5,8-11H,6-7H2,1-3H3,(H,23,24,26). The summed E-state index contributed by atoms with van der Waals surface area (Å²) in [5, 5.41) is 3.40. The van der Waals surface area contributed by atoms with Crippen molar-refractivity contribution >= 4 is 53.3 Å². The third-order valence-corrected chi connectivity index (χ3v) is 6.99. The number of anilines is 1. The average molecular weight is 489 g/mol. The normalized spacial score (nSPS) is 11.6. The highest BCUT2D eigenvalue weighted by molar-refractivity contribution is 7.90. The molecule has 0 radical (unpaired) electrons. The Balaban J connectivity index is 1.49. The van der Waals surface area contributed by atoms with Crippen molar-refractivity contribution in [2.24, 2.45) is 0 Å². The quantitative estimate of drug-likeness (QED) is 0.420. The van der Waals surface area contributed by atoms with Crippen LogP contribution in [0.4, 0.5) is 5.13 Å². The van der Waals surface area contributed by atoms with E-state index in [1.807, 2.05) is 0 Å². The molecule has 0 saturated carbocycles. The van der Waals surface area contributed by atoms with Gasteiger partial charge in [-0.15, -0.1) is 0 Å². The molecular weight excluding hydrogens is 468 g/mol. The summed E-state index contributed by atoms with van der Waals surface area (Å²) in [6.45, 7) is 0.116. The number of benzene rings is 2. The van der Waals surface area contributed by atoms with Crippen molar-refractivity contribution in [3.8, 4) is 11.5 Å². The van der Waals surface area contributed by atoms with Crippen LogP contribution in [0.25, 0.3) is 21.1 Å².